The highest BCUT2D eigenvalue weighted by Crippen LogP contribution is 2.14. The van der Waals surface area contributed by atoms with E-state index in [-0.39, 0.29) is 0 Å². The molecule has 0 N–H and O–H groups in total. The van der Waals surface area contributed by atoms with Gasteiger partial charge in [0.2, 0.25) is 0 Å². The van der Waals surface area contributed by atoms with Gasteiger partial charge in [-0.15, -0.1) is 0 Å². The lowest BCUT2D eigenvalue weighted by Gasteiger charge is -2.00. The molecule has 0 saturated carbocycles. The summed E-state index contributed by atoms with van der Waals surface area (Å²) in [5.74, 6) is 0. The minimum atomic E-state index is 0.903. The second kappa shape index (κ2) is 4.73. The van der Waals surface area contributed by atoms with Gasteiger partial charge in [0.15, 0.2) is 5.65 Å². The zero-order valence-corrected chi connectivity index (χ0v) is 9.78. The molecule has 0 unspecified atom stereocenters. The third-order valence-electron chi connectivity index (χ3n) is 2.04. The quantitative estimate of drug-likeness (QED) is 0.713. The number of imidazole rings is 1. The monoisotopic (exact) mass is 203 g/mol. The first kappa shape index (κ1) is 11.4. The highest BCUT2D eigenvalue weighted by atomic mass is 15.0. The summed E-state index contributed by atoms with van der Waals surface area (Å²) in [7, 11) is 0. The number of hydrogen-bond acceptors (Lipinski definition) is 2. The van der Waals surface area contributed by atoms with Crippen LogP contribution in [0.3, 0.4) is 0 Å². The van der Waals surface area contributed by atoms with Gasteiger partial charge in [0.25, 0.3) is 0 Å². The SMILES string of the molecule is C=C(C)c1cnc2c(C)nccn12.CC. The van der Waals surface area contributed by atoms with E-state index in [1.165, 1.54) is 0 Å². The van der Waals surface area contributed by atoms with Crippen LogP contribution in [0, 0.1) is 6.92 Å². The van der Waals surface area contributed by atoms with Gasteiger partial charge in [-0.05, 0) is 19.4 Å². The van der Waals surface area contributed by atoms with Crippen LogP contribution in [0.25, 0.3) is 11.2 Å². The van der Waals surface area contributed by atoms with E-state index in [9.17, 15) is 0 Å². The maximum atomic E-state index is 4.28. The summed E-state index contributed by atoms with van der Waals surface area (Å²) in [4.78, 5) is 8.45. The van der Waals surface area contributed by atoms with E-state index in [0.29, 0.717) is 0 Å². The number of allylic oxidation sites excluding steroid dienone is 1. The molecule has 2 rings (SSSR count). The zero-order chi connectivity index (χ0) is 11.4. The number of aromatic nitrogens is 3. The molecule has 0 radical (unpaired) electrons. The van der Waals surface area contributed by atoms with Crippen LogP contribution in [0.1, 0.15) is 32.2 Å². The lowest BCUT2D eigenvalue weighted by atomic mass is 10.3. The molecule has 2 aromatic rings. The van der Waals surface area contributed by atoms with Crippen molar-refractivity contribution in [1.29, 1.82) is 0 Å². The number of rotatable bonds is 1. The van der Waals surface area contributed by atoms with Crippen LogP contribution in [-0.2, 0) is 0 Å². The Morgan fingerprint density at radius 2 is 2.00 bits per heavy atom. The Hall–Kier alpha value is -1.64. The van der Waals surface area contributed by atoms with Gasteiger partial charge in [-0.1, -0.05) is 20.4 Å². The zero-order valence-electron chi connectivity index (χ0n) is 9.78. The molecule has 0 aliphatic heterocycles. The van der Waals surface area contributed by atoms with Crippen LogP contribution in [0.5, 0.6) is 0 Å². The summed E-state index contributed by atoms with van der Waals surface area (Å²) in [6.45, 7) is 11.8. The topological polar surface area (TPSA) is 30.2 Å². The highest BCUT2D eigenvalue weighted by molar-refractivity contribution is 5.62. The molecule has 80 valence electrons. The van der Waals surface area contributed by atoms with Crippen molar-refractivity contribution in [2.45, 2.75) is 27.7 Å². The third kappa shape index (κ3) is 2.06. The Labute approximate surface area is 90.5 Å². The van der Waals surface area contributed by atoms with Gasteiger partial charge >= 0.3 is 0 Å². The van der Waals surface area contributed by atoms with Gasteiger partial charge in [-0.25, -0.2) is 4.98 Å². The molecule has 0 aliphatic rings. The number of hydrogen-bond donors (Lipinski definition) is 0. The van der Waals surface area contributed by atoms with Gasteiger partial charge in [-0.3, -0.25) is 9.38 Å². The van der Waals surface area contributed by atoms with E-state index in [1.807, 2.05) is 44.5 Å². The molecular weight excluding hydrogens is 186 g/mol. The van der Waals surface area contributed by atoms with Gasteiger partial charge < -0.3 is 0 Å². The maximum absolute atomic E-state index is 4.28. The second-order valence-electron chi connectivity index (χ2n) is 3.13. The minimum Gasteiger partial charge on any atom is -0.297 e. The fourth-order valence-corrected chi connectivity index (χ4v) is 1.36. The van der Waals surface area contributed by atoms with E-state index < -0.39 is 0 Å². The van der Waals surface area contributed by atoms with Crippen molar-refractivity contribution in [3.05, 3.63) is 36.6 Å². The number of fused-ring (bicyclic) bond motifs is 1. The molecule has 2 aromatic heterocycles. The Morgan fingerprint density at radius 1 is 1.33 bits per heavy atom. The number of aryl methyl sites for hydroxylation is 1. The average Bonchev–Trinajstić information content (AvgIpc) is 2.66. The third-order valence-corrected chi connectivity index (χ3v) is 2.04. The summed E-state index contributed by atoms with van der Waals surface area (Å²) in [5.41, 5.74) is 3.90. The second-order valence-corrected chi connectivity index (χ2v) is 3.13. The molecule has 3 heteroatoms. The van der Waals surface area contributed by atoms with Crippen molar-refractivity contribution in [2.75, 3.05) is 0 Å². The van der Waals surface area contributed by atoms with Crippen LogP contribution >= 0.6 is 0 Å². The van der Waals surface area contributed by atoms with Crippen molar-refractivity contribution in [3.63, 3.8) is 0 Å². The van der Waals surface area contributed by atoms with E-state index in [2.05, 4.69) is 16.5 Å². The van der Waals surface area contributed by atoms with Gasteiger partial charge in [-0.2, -0.15) is 0 Å². The Balaban J connectivity index is 0.000000531. The Kier molecular flexibility index (Phi) is 3.61. The summed E-state index contributed by atoms with van der Waals surface area (Å²) < 4.78 is 2.00. The molecule has 15 heavy (non-hydrogen) atoms. The fraction of sp³-hybridized carbons (Fsp3) is 0.333. The molecule has 0 bridgehead atoms. The van der Waals surface area contributed by atoms with Crippen LogP contribution in [-0.4, -0.2) is 14.4 Å². The molecule has 3 nitrogen and oxygen atoms in total. The van der Waals surface area contributed by atoms with Crippen LogP contribution < -0.4 is 0 Å². The molecule has 0 aliphatic carbocycles. The molecule has 0 aromatic carbocycles. The largest absolute Gasteiger partial charge is 0.297 e. The van der Waals surface area contributed by atoms with Gasteiger partial charge in [0.05, 0.1) is 17.6 Å². The normalized spacial score (nSPS) is 9.60. The van der Waals surface area contributed by atoms with Gasteiger partial charge in [0, 0.05) is 12.4 Å². The first-order valence-electron chi connectivity index (χ1n) is 5.14. The van der Waals surface area contributed by atoms with Crippen molar-refractivity contribution in [2.24, 2.45) is 0 Å². The Bertz CT molecular complexity index is 469. The molecule has 0 saturated heterocycles. The molecule has 0 spiro atoms. The minimum absolute atomic E-state index is 0.903. The van der Waals surface area contributed by atoms with Gasteiger partial charge in [0.1, 0.15) is 0 Å². The van der Waals surface area contributed by atoms with Crippen LogP contribution in [0.4, 0.5) is 0 Å². The maximum Gasteiger partial charge on any atom is 0.158 e. The van der Waals surface area contributed by atoms with E-state index in [0.717, 1.165) is 22.6 Å². The first-order valence-corrected chi connectivity index (χ1v) is 5.14. The highest BCUT2D eigenvalue weighted by Gasteiger charge is 2.04. The van der Waals surface area contributed by atoms with Crippen LogP contribution in [0.2, 0.25) is 0 Å². The molecule has 0 atom stereocenters. The molecule has 2 heterocycles. The van der Waals surface area contributed by atoms with Crippen molar-refractivity contribution in [3.8, 4) is 0 Å². The molecule has 0 fully saturated rings. The molecule has 0 amide bonds. The van der Waals surface area contributed by atoms with E-state index in [1.54, 1.807) is 6.20 Å². The summed E-state index contributed by atoms with van der Waals surface area (Å²) in [6, 6.07) is 0. The van der Waals surface area contributed by atoms with Crippen molar-refractivity contribution in [1.82, 2.24) is 14.4 Å². The lowest BCUT2D eigenvalue weighted by molar-refractivity contribution is 1.06. The standard InChI is InChI=1S/C10H11N3.C2H6/c1-7(2)9-6-12-10-8(3)11-4-5-13(9)10;1-2/h4-6H,1H2,2-3H3;1-2H3. The van der Waals surface area contributed by atoms with E-state index in [4.69, 9.17) is 0 Å². The predicted octanol–water partition coefficient (Wildman–Crippen LogP) is 3.10. The fourth-order valence-electron chi connectivity index (χ4n) is 1.36. The summed E-state index contributed by atoms with van der Waals surface area (Å²) in [6.07, 6.45) is 5.50. The average molecular weight is 203 g/mol. The van der Waals surface area contributed by atoms with Crippen molar-refractivity contribution < 1.29 is 0 Å². The summed E-state index contributed by atoms with van der Waals surface area (Å²) >= 11 is 0. The summed E-state index contributed by atoms with van der Waals surface area (Å²) in [5, 5.41) is 0. The lowest BCUT2D eigenvalue weighted by Crippen LogP contribution is -1.93. The first-order chi connectivity index (χ1) is 7.20. The Morgan fingerprint density at radius 3 is 2.60 bits per heavy atom. The van der Waals surface area contributed by atoms with Crippen LogP contribution in [0.15, 0.2) is 25.2 Å². The van der Waals surface area contributed by atoms with E-state index >= 15 is 0 Å². The van der Waals surface area contributed by atoms with Crippen molar-refractivity contribution >= 4 is 11.2 Å². The smallest absolute Gasteiger partial charge is 0.158 e. The number of nitrogens with zero attached hydrogens (tertiary/aromatic N) is 3. The predicted molar refractivity (Wildman–Crippen MR) is 63.8 cm³/mol. The molecular formula is C12H17N3.